The average Bonchev–Trinajstić information content (AvgIpc) is 3.12. The summed E-state index contributed by atoms with van der Waals surface area (Å²) in [5, 5.41) is 1.07. The summed E-state index contributed by atoms with van der Waals surface area (Å²) in [6.45, 7) is 6.83. The molecule has 0 aliphatic carbocycles. The van der Waals surface area contributed by atoms with E-state index in [4.69, 9.17) is 32.9 Å². The summed E-state index contributed by atoms with van der Waals surface area (Å²) < 4.78 is 6.54. The number of nitrogens with zero attached hydrogens (tertiary/aromatic N) is 2. The molecule has 3 aromatic rings. The molecule has 0 saturated carbocycles. The number of ether oxygens (including phenoxy) is 1. The van der Waals surface area contributed by atoms with Crippen LogP contribution in [0.4, 0.5) is 4.79 Å². The van der Waals surface area contributed by atoms with Crippen LogP contribution in [0.1, 0.15) is 45.0 Å². The highest BCUT2D eigenvalue weighted by Gasteiger charge is 2.27. The van der Waals surface area contributed by atoms with Gasteiger partial charge in [0, 0.05) is 28.2 Å². The Morgan fingerprint density at radius 3 is 2.41 bits per heavy atom. The lowest BCUT2D eigenvalue weighted by atomic mass is 9.92. The number of piperidine rings is 1. The molecule has 0 bridgehead atoms. The molecule has 168 valence electrons. The molecule has 0 radical (unpaired) electrons. The van der Waals surface area contributed by atoms with Crippen molar-refractivity contribution in [3.05, 3.63) is 67.9 Å². The minimum atomic E-state index is -0.509. The lowest BCUT2D eigenvalue weighted by Gasteiger charge is -2.31. The van der Waals surface area contributed by atoms with E-state index in [9.17, 15) is 4.79 Å². The van der Waals surface area contributed by atoms with Crippen LogP contribution in [0.2, 0.25) is 10.0 Å². The number of H-pyrrole nitrogens is 1. The Morgan fingerprint density at radius 2 is 1.78 bits per heavy atom. The number of rotatable bonds is 2. The number of aromatic nitrogens is 2. The summed E-state index contributed by atoms with van der Waals surface area (Å²) in [7, 11) is 0. The first-order valence-electron chi connectivity index (χ1n) is 10.4. The van der Waals surface area contributed by atoms with Crippen LogP contribution in [-0.2, 0) is 4.74 Å². The number of hydrogen-bond donors (Lipinski definition) is 1. The van der Waals surface area contributed by atoms with Crippen LogP contribution in [0.3, 0.4) is 0 Å². The summed E-state index contributed by atoms with van der Waals surface area (Å²) in [6.07, 6.45) is 1.19. The third-order valence-corrected chi connectivity index (χ3v) is 6.28. The van der Waals surface area contributed by atoms with E-state index in [2.05, 4.69) is 33.0 Å². The molecule has 32 heavy (non-hydrogen) atoms. The molecule has 2 heterocycles. The molecule has 1 N–H and O–H groups in total. The van der Waals surface area contributed by atoms with Crippen LogP contribution in [0.5, 0.6) is 0 Å². The highest BCUT2D eigenvalue weighted by Crippen LogP contribution is 2.35. The average molecular weight is 537 g/mol. The Balaban J connectivity index is 1.72. The number of aromatic amines is 1. The Hall–Kier alpha value is -2.02. The maximum Gasteiger partial charge on any atom is 0.410 e. The smallest absolute Gasteiger partial charge is 0.410 e. The van der Waals surface area contributed by atoms with Gasteiger partial charge in [0.15, 0.2) is 0 Å². The summed E-state index contributed by atoms with van der Waals surface area (Å²) in [6, 6.07) is 11.7. The number of likely N-dealkylation sites (tertiary alicyclic amines) is 1. The molecule has 5 nitrogen and oxygen atoms in total. The number of halogens is 3. The fourth-order valence-electron chi connectivity index (χ4n) is 3.82. The molecular weight excluding hydrogens is 513 g/mol. The number of hydrogen-bond acceptors (Lipinski definition) is 3. The molecular formula is C24H24BrCl2N3O2. The van der Waals surface area contributed by atoms with Crippen LogP contribution in [0.15, 0.2) is 46.4 Å². The topological polar surface area (TPSA) is 58.2 Å². The van der Waals surface area contributed by atoms with E-state index >= 15 is 0 Å². The van der Waals surface area contributed by atoms with Crippen molar-refractivity contribution in [1.29, 1.82) is 0 Å². The van der Waals surface area contributed by atoms with Gasteiger partial charge in [-0.2, -0.15) is 0 Å². The van der Waals surface area contributed by atoms with Gasteiger partial charge in [-0.05, 0) is 63.4 Å². The van der Waals surface area contributed by atoms with Crippen molar-refractivity contribution in [3.63, 3.8) is 0 Å². The van der Waals surface area contributed by atoms with E-state index in [-0.39, 0.29) is 6.09 Å². The molecule has 1 aromatic heterocycles. The van der Waals surface area contributed by atoms with Gasteiger partial charge >= 0.3 is 6.09 Å². The van der Waals surface area contributed by atoms with E-state index in [0.29, 0.717) is 28.7 Å². The van der Waals surface area contributed by atoms with Crippen molar-refractivity contribution < 1.29 is 9.53 Å². The summed E-state index contributed by atoms with van der Waals surface area (Å²) >= 11 is 16.1. The number of nitrogens with one attached hydrogen (secondary N) is 1. The molecule has 2 aromatic carbocycles. The van der Waals surface area contributed by atoms with Gasteiger partial charge in [0.05, 0.1) is 10.5 Å². The van der Waals surface area contributed by atoms with Gasteiger partial charge in [0.1, 0.15) is 16.9 Å². The monoisotopic (exact) mass is 535 g/mol. The summed E-state index contributed by atoms with van der Waals surface area (Å²) in [4.78, 5) is 22.5. The Bertz CT molecular complexity index is 1190. The lowest BCUT2D eigenvalue weighted by Crippen LogP contribution is -2.40. The predicted molar refractivity (Wildman–Crippen MR) is 133 cm³/mol. The van der Waals surface area contributed by atoms with E-state index in [1.165, 1.54) is 5.57 Å². The zero-order chi connectivity index (χ0) is 23.0. The van der Waals surface area contributed by atoms with Crippen LogP contribution in [0, 0.1) is 0 Å². The second-order valence-electron chi connectivity index (χ2n) is 8.82. The first-order chi connectivity index (χ1) is 15.1. The van der Waals surface area contributed by atoms with Gasteiger partial charge in [-0.3, -0.25) is 0 Å². The van der Waals surface area contributed by atoms with Crippen molar-refractivity contribution >= 4 is 61.8 Å². The van der Waals surface area contributed by atoms with Crippen molar-refractivity contribution in [1.82, 2.24) is 14.9 Å². The third-order valence-electron chi connectivity index (χ3n) is 5.25. The minimum absolute atomic E-state index is 0.271. The third kappa shape index (κ3) is 5.13. The van der Waals surface area contributed by atoms with E-state index in [1.807, 2.05) is 39.0 Å². The van der Waals surface area contributed by atoms with E-state index in [1.54, 1.807) is 11.0 Å². The molecule has 0 spiro atoms. The van der Waals surface area contributed by atoms with Gasteiger partial charge in [-0.1, -0.05) is 56.8 Å². The predicted octanol–water partition coefficient (Wildman–Crippen LogP) is 7.47. The van der Waals surface area contributed by atoms with E-state index < -0.39 is 5.60 Å². The highest BCUT2D eigenvalue weighted by atomic mass is 79.9. The molecule has 8 heteroatoms. The molecule has 1 amide bonds. The van der Waals surface area contributed by atoms with Gasteiger partial charge in [0.2, 0.25) is 0 Å². The zero-order valence-electron chi connectivity index (χ0n) is 18.1. The molecule has 0 unspecified atom stereocenters. The number of amides is 1. The Kier molecular flexibility index (Phi) is 6.57. The highest BCUT2D eigenvalue weighted by molar-refractivity contribution is 9.10. The van der Waals surface area contributed by atoms with E-state index in [0.717, 1.165) is 39.8 Å². The number of imidazole rings is 1. The second-order valence-corrected chi connectivity index (χ2v) is 10.6. The quantitative estimate of drug-likeness (QED) is 0.369. The first kappa shape index (κ1) is 23.1. The SMILES string of the molecule is CC(C)(C)OC(=O)N1CCC(=C(c2ccc(Br)cc2)c2nc3c(Cl)cc(Cl)cc3[nH]2)CC1. The lowest BCUT2D eigenvalue weighted by molar-refractivity contribution is 0.0236. The van der Waals surface area contributed by atoms with Crippen molar-refractivity contribution in [2.24, 2.45) is 0 Å². The van der Waals surface area contributed by atoms with Crippen LogP contribution >= 0.6 is 39.1 Å². The molecule has 1 aliphatic heterocycles. The molecule has 1 fully saturated rings. The zero-order valence-corrected chi connectivity index (χ0v) is 21.2. The van der Waals surface area contributed by atoms with Crippen LogP contribution < -0.4 is 0 Å². The molecule has 0 atom stereocenters. The van der Waals surface area contributed by atoms with Crippen molar-refractivity contribution in [2.45, 2.75) is 39.2 Å². The van der Waals surface area contributed by atoms with Gasteiger partial charge in [-0.25, -0.2) is 9.78 Å². The van der Waals surface area contributed by atoms with Crippen molar-refractivity contribution in [3.8, 4) is 0 Å². The standard InChI is InChI=1S/C24H24BrCl2N3O2/c1-24(2,3)32-23(31)30-10-8-15(9-11-30)20(14-4-6-16(25)7-5-14)22-28-19-13-17(26)12-18(27)21(19)29-22/h4-7,12-13H,8-11H2,1-3H3,(H,28,29). The second kappa shape index (κ2) is 9.08. The molecule has 4 rings (SSSR count). The summed E-state index contributed by atoms with van der Waals surface area (Å²) in [5.41, 5.74) is 4.28. The Labute approximate surface area is 205 Å². The normalized spacial score (nSPS) is 14.7. The fraction of sp³-hybridized carbons (Fsp3) is 0.333. The minimum Gasteiger partial charge on any atom is -0.444 e. The number of carbonyl (C=O) groups is 1. The molecule has 1 saturated heterocycles. The van der Waals surface area contributed by atoms with Gasteiger partial charge in [0.25, 0.3) is 0 Å². The van der Waals surface area contributed by atoms with Crippen LogP contribution in [-0.4, -0.2) is 39.7 Å². The van der Waals surface area contributed by atoms with Crippen LogP contribution in [0.25, 0.3) is 16.6 Å². The Morgan fingerprint density at radius 1 is 1.12 bits per heavy atom. The number of fused-ring (bicyclic) bond motifs is 1. The van der Waals surface area contributed by atoms with Crippen molar-refractivity contribution in [2.75, 3.05) is 13.1 Å². The first-order valence-corrected chi connectivity index (χ1v) is 12.0. The maximum absolute atomic E-state index is 12.5. The van der Waals surface area contributed by atoms with Gasteiger partial charge in [-0.15, -0.1) is 0 Å². The fourth-order valence-corrected chi connectivity index (χ4v) is 4.62. The largest absolute Gasteiger partial charge is 0.444 e. The van der Waals surface area contributed by atoms with Gasteiger partial charge < -0.3 is 14.6 Å². The molecule has 1 aliphatic rings. The maximum atomic E-state index is 12.5. The number of carbonyl (C=O) groups excluding carboxylic acids is 1. The number of benzene rings is 2. The summed E-state index contributed by atoms with van der Waals surface area (Å²) in [5.74, 6) is 0.743.